The fraction of sp³-hybridized carbons (Fsp3) is 0.875. The summed E-state index contributed by atoms with van der Waals surface area (Å²) in [7, 11) is 0. The summed E-state index contributed by atoms with van der Waals surface area (Å²) in [6.45, 7) is 10.4. The smallest absolute Gasteiger partial charge is 0.410 e. The first-order chi connectivity index (χ1) is 10.1. The topological polar surface area (TPSA) is 78.9 Å². The van der Waals surface area contributed by atoms with Crippen LogP contribution in [0.5, 0.6) is 0 Å². The van der Waals surface area contributed by atoms with Crippen LogP contribution in [0, 0.1) is 0 Å². The van der Waals surface area contributed by atoms with Crippen molar-refractivity contribution in [1.29, 1.82) is 0 Å². The summed E-state index contributed by atoms with van der Waals surface area (Å²) in [5, 5.41) is 12.6. The van der Waals surface area contributed by atoms with Gasteiger partial charge in [0.15, 0.2) is 0 Å². The van der Waals surface area contributed by atoms with E-state index in [-0.39, 0.29) is 18.6 Å². The molecule has 1 aliphatic heterocycles. The van der Waals surface area contributed by atoms with E-state index in [0.29, 0.717) is 13.1 Å². The van der Waals surface area contributed by atoms with Crippen molar-refractivity contribution in [1.82, 2.24) is 10.2 Å². The van der Waals surface area contributed by atoms with E-state index in [2.05, 4.69) is 19.2 Å². The van der Waals surface area contributed by atoms with Crippen LogP contribution < -0.4 is 5.32 Å². The number of carboxylic acid groups (broad SMARTS) is 1. The quantitative estimate of drug-likeness (QED) is 0.755. The summed E-state index contributed by atoms with van der Waals surface area (Å²) in [4.78, 5) is 24.8. The van der Waals surface area contributed by atoms with E-state index >= 15 is 0 Å². The van der Waals surface area contributed by atoms with Gasteiger partial charge in [-0.05, 0) is 33.6 Å². The van der Waals surface area contributed by atoms with E-state index in [1.807, 2.05) is 20.8 Å². The highest BCUT2D eigenvalue weighted by atomic mass is 16.6. The number of hydrogen-bond acceptors (Lipinski definition) is 4. The summed E-state index contributed by atoms with van der Waals surface area (Å²) >= 11 is 0. The van der Waals surface area contributed by atoms with Gasteiger partial charge in [0, 0.05) is 19.1 Å². The number of hydrogen-bond donors (Lipinski definition) is 2. The Bertz CT molecular complexity index is 397. The van der Waals surface area contributed by atoms with Gasteiger partial charge < -0.3 is 20.1 Å². The number of nitrogens with one attached hydrogen (secondary N) is 1. The van der Waals surface area contributed by atoms with Gasteiger partial charge in [-0.2, -0.15) is 0 Å². The molecule has 22 heavy (non-hydrogen) atoms. The fourth-order valence-electron chi connectivity index (χ4n) is 2.84. The van der Waals surface area contributed by atoms with Gasteiger partial charge in [0.1, 0.15) is 5.60 Å². The second kappa shape index (κ2) is 7.31. The van der Waals surface area contributed by atoms with Crippen LogP contribution >= 0.6 is 0 Å². The van der Waals surface area contributed by atoms with Crippen LogP contribution in [-0.4, -0.2) is 52.3 Å². The predicted octanol–water partition coefficient (Wildman–Crippen LogP) is 2.62. The van der Waals surface area contributed by atoms with Crippen LogP contribution in [0.2, 0.25) is 0 Å². The van der Waals surface area contributed by atoms with Crippen LogP contribution in [-0.2, 0) is 9.53 Å². The molecule has 0 aliphatic carbocycles. The van der Waals surface area contributed by atoms with Gasteiger partial charge in [-0.3, -0.25) is 4.79 Å². The third-order valence-electron chi connectivity index (χ3n) is 3.77. The van der Waals surface area contributed by atoms with Gasteiger partial charge >= 0.3 is 12.1 Å². The average Bonchev–Trinajstić information content (AvgIpc) is 2.31. The SMILES string of the molecule is CCCC(CC)NC1(CC(=O)O)CN(C(=O)OC(C)(C)C)C1. The van der Waals surface area contributed by atoms with E-state index in [0.717, 1.165) is 19.3 Å². The van der Waals surface area contributed by atoms with Crippen molar-refractivity contribution in [3.63, 3.8) is 0 Å². The number of carbonyl (C=O) groups is 2. The lowest BCUT2D eigenvalue weighted by Crippen LogP contribution is -2.72. The van der Waals surface area contributed by atoms with Crippen molar-refractivity contribution >= 4 is 12.1 Å². The van der Waals surface area contributed by atoms with Crippen molar-refractivity contribution in [2.45, 2.75) is 77.5 Å². The Morgan fingerprint density at radius 3 is 2.32 bits per heavy atom. The van der Waals surface area contributed by atoms with Crippen LogP contribution in [0.3, 0.4) is 0 Å². The van der Waals surface area contributed by atoms with E-state index in [1.165, 1.54) is 0 Å². The second-order valence-electron chi connectivity index (χ2n) is 7.23. The molecule has 0 saturated carbocycles. The summed E-state index contributed by atoms with van der Waals surface area (Å²) in [6.07, 6.45) is 2.64. The molecule has 2 N–H and O–H groups in total. The number of amides is 1. The Balaban J connectivity index is 2.66. The molecular weight excluding hydrogens is 284 g/mol. The van der Waals surface area contributed by atoms with E-state index in [1.54, 1.807) is 4.90 Å². The number of rotatable bonds is 7. The zero-order chi connectivity index (χ0) is 17.0. The van der Waals surface area contributed by atoms with Crippen LogP contribution in [0.1, 0.15) is 60.3 Å². The van der Waals surface area contributed by atoms with Gasteiger partial charge in [-0.15, -0.1) is 0 Å². The molecule has 1 heterocycles. The minimum atomic E-state index is -0.845. The summed E-state index contributed by atoms with van der Waals surface area (Å²) in [5.41, 5.74) is -1.07. The highest BCUT2D eigenvalue weighted by Gasteiger charge is 2.48. The van der Waals surface area contributed by atoms with E-state index in [4.69, 9.17) is 9.84 Å². The van der Waals surface area contributed by atoms with Crippen LogP contribution in [0.15, 0.2) is 0 Å². The van der Waals surface area contributed by atoms with Crippen molar-refractivity contribution in [3.05, 3.63) is 0 Å². The molecule has 1 fully saturated rings. The molecule has 0 radical (unpaired) electrons. The Morgan fingerprint density at radius 2 is 1.91 bits per heavy atom. The molecule has 6 nitrogen and oxygen atoms in total. The summed E-state index contributed by atoms with van der Waals surface area (Å²) < 4.78 is 5.33. The molecule has 128 valence electrons. The maximum Gasteiger partial charge on any atom is 0.410 e. The highest BCUT2D eigenvalue weighted by molar-refractivity contribution is 5.73. The number of carboxylic acids is 1. The predicted molar refractivity (Wildman–Crippen MR) is 84.9 cm³/mol. The van der Waals surface area contributed by atoms with Crippen molar-refractivity contribution in [2.75, 3.05) is 13.1 Å². The van der Waals surface area contributed by atoms with Crippen LogP contribution in [0.25, 0.3) is 0 Å². The molecule has 1 saturated heterocycles. The van der Waals surface area contributed by atoms with E-state index in [9.17, 15) is 9.59 Å². The first-order valence-electron chi connectivity index (χ1n) is 8.08. The lowest BCUT2D eigenvalue weighted by atomic mass is 9.85. The lowest BCUT2D eigenvalue weighted by Gasteiger charge is -2.51. The van der Waals surface area contributed by atoms with Crippen molar-refractivity contribution in [2.24, 2.45) is 0 Å². The average molecular weight is 314 g/mol. The van der Waals surface area contributed by atoms with Gasteiger partial charge in [-0.1, -0.05) is 20.3 Å². The third kappa shape index (κ3) is 5.48. The normalized spacial score (nSPS) is 18.5. The molecule has 0 spiro atoms. The Labute approximate surface area is 133 Å². The molecule has 0 aromatic carbocycles. The first kappa shape index (κ1) is 18.7. The standard InChI is InChI=1S/C16H30N2O4/c1-6-8-12(7-2)17-16(9-13(19)20)10-18(11-16)14(21)22-15(3,4)5/h12,17H,6-11H2,1-5H3,(H,19,20). The lowest BCUT2D eigenvalue weighted by molar-refractivity contribution is -0.141. The van der Waals surface area contributed by atoms with Gasteiger partial charge in [0.25, 0.3) is 0 Å². The fourth-order valence-corrected chi connectivity index (χ4v) is 2.84. The molecule has 0 aromatic rings. The largest absolute Gasteiger partial charge is 0.481 e. The van der Waals surface area contributed by atoms with E-state index < -0.39 is 17.1 Å². The second-order valence-corrected chi connectivity index (χ2v) is 7.23. The molecule has 0 aromatic heterocycles. The zero-order valence-corrected chi connectivity index (χ0v) is 14.4. The number of nitrogens with zero attached hydrogens (tertiary/aromatic N) is 1. The van der Waals surface area contributed by atoms with Gasteiger partial charge in [-0.25, -0.2) is 4.79 Å². The molecule has 0 bridgehead atoms. The maximum absolute atomic E-state index is 12.0. The maximum atomic E-state index is 12.0. The zero-order valence-electron chi connectivity index (χ0n) is 14.4. The van der Waals surface area contributed by atoms with Gasteiger partial charge in [0.05, 0.1) is 12.0 Å². The summed E-state index contributed by atoms with van der Waals surface area (Å²) in [6, 6.07) is 0.283. The van der Waals surface area contributed by atoms with Crippen molar-refractivity contribution in [3.8, 4) is 0 Å². The molecule has 1 unspecified atom stereocenters. The number of carbonyl (C=O) groups excluding carboxylic acids is 1. The molecule has 6 heteroatoms. The van der Waals surface area contributed by atoms with Crippen molar-refractivity contribution < 1.29 is 19.4 Å². The minimum Gasteiger partial charge on any atom is -0.481 e. The highest BCUT2D eigenvalue weighted by Crippen LogP contribution is 2.28. The Kier molecular flexibility index (Phi) is 6.23. The molecular formula is C16H30N2O4. The monoisotopic (exact) mass is 314 g/mol. The number of aliphatic carboxylic acids is 1. The molecule has 1 amide bonds. The number of ether oxygens (including phenoxy) is 1. The molecule has 1 aliphatic rings. The number of likely N-dealkylation sites (tertiary alicyclic amines) is 1. The molecule has 1 atom stereocenters. The van der Waals surface area contributed by atoms with Gasteiger partial charge in [0.2, 0.25) is 0 Å². The Morgan fingerprint density at radius 1 is 1.32 bits per heavy atom. The minimum absolute atomic E-state index is 0.0203. The summed E-state index contributed by atoms with van der Waals surface area (Å²) in [5.74, 6) is -0.845. The first-order valence-corrected chi connectivity index (χ1v) is 8.08. The molecule has 1 rings (SSSR count). The van der Waals surface area contributed by atoms with Crippen LogP contribution in [0.4, 0.5) is 4.79 Å². The third-order valence-corrected chi connectivity index (χ3v) is 3.77. The Hall–Kier alpha value is -1.30.